The van der Waals surface area contributed by atoms with E-state index in [0.717, 1.165) is 12.8 Å². The normalized spacial score (nSPS) is 37.0. The van der Waals surface area contributed by atoms with Crippen molar-refractivity contribution >= 4 is 11.9 Å². The number of ether oxygens (including phenoxy) is 1. The molecule has 0 bridgehead atoms. The lowest BCUT2D eigenvalue weighted by Gasteiger charge is -2.17. The molecule has 0 radical (unpaired) electrons. The lowest BCUT2D eigenvalue weighted by atomic mass is 9.99. The van der Waals surface area contributed by atoms with Crippen LogP contribution in [0.3, 0.4) is 0 Å². The molecule has 0 aromatic rings. The summed E-state index contributed by atoms with van der Waals surface area (Å²) in [6.45, 7) is 0.894. The molecule has 0 aromatic carbocycles. The van der Waals surface area contributed by atoms with Gasteiger partial charge in [0.25, 0.3) is 5.91 Å². The topological polar surface area (TPSA) is 58.6 Å². The van der Waals surface area contributed by atoms with Gasteiger partial charge in [0.05, 0.1) is 6.61 Å². The molecule has 2 heterocycles. The minimum Gasteiger partial charge on any atom is -0.378 e. The standard InChI is InChI=1S/C9H12N2O3/c12-7-9(3-4-14-5-9)10-8(13)11(7)6-1-2-6/h6H,1-5H2,(H,10,13). The van der Waals surface area contributed by atoms with E-state index >= 15 is 0 Å². The summed E-state index contributed by atoms with van der Waals surface area (Å²) >= 11 is 0. The molecule has 14 heavy (non-hydrogen) atoms. The Morgan fingerprint density at radius 2 is 2.21 bits per heavy atom. The van der Waals surface area contributed by atoms with Crippen LogP contribution in [-0.4, -0.2) is 41.6 Å². The average molecular weight is 196 g/mol. The Bertz CT molecular complexity index is 305. The van der Waals surface area contributed by atoms with Gasteiger partial charge < -0.3 is 10.1 Å². The van der Waals surface area contributed by atoms with Crippen LogP contribution in [0.5, 0.6) is 0 Å². The fraction of sp³-hybridized carbons (Fsp3) is 0.778. The van der Waals surface area contributed by atoms with Crippen LogP contribution < -0.4 is 5.32 Å². The molecule has 3 rings (SSSR count). The van der Waals surface area contributed by atoms with Crippen LogP contribution in [0.4, 0.5) is 4.79 Å². The highest BCUT2D eigenvalue weighted by Crippen LogP contribution is 2.35. The second kappa shape index (κ2) is 2.48. The van der Waals surface area contributed by atoms with Crippen molar-refractivity contribution in [2.24, 2.45) is 0 Å². The largest absolute Gasteiger partial charge is 0.378 e. The molecule has 3 amide bonds. The number of nitrogens with one attached hydrogen (secondary N) is 1. The van der Waals surface area contributed by atoms with Crippen molar-refractivity contribution in [3.8, 4) is 0 Å². The van der Waals surface area contributed by atoms with Gasteiger partial charge in [-0.05, 0) is 12.8 Å². The maximum absolute atomic E-state index is 12.0. The summed E-state index contributed by atoms with van der Waals surface area (Å²) in [5.74, 6) is -0.0810. The van der Waals surface area contributed by atoms with Crippen molar-refractivity contribution in [1.82, 2.24) is 10.2 Å². The highest BCUT2D eigenvalue weighted by atomic mass is 16.5. The number of carbonyl (C=O) groups excluding carboxylic acids is 2. The van der Waals surface area contributed by atoms with E-state index in [1.54, 1.807) is 0 Å². The van der Waals surface area contributed by atoms with E-state index in [0.29, 0.717) is 19.6 Å². The first-order valence-electron chi connectivity index (χ1n) is 4.96. The van der Waals surface area contributed by atoms with Crippen LogP contribution >= 0.6 is 0 Å². The predicted molar refractivity (Wildman–Crippen MR) is 46.6 cm³/mol. The number of hydrogen-bond acceptors (Lipinski definition) is 3. The molecule has 1 N–H and O–H groups in total. The first kappa shape index (κ1) is 8.23. The van der Waals surface area contributed by atoms with Gasteiger partial charge in [-0.25, -0.2) is 4.79 Å². The van der Waals surface area contributed by atoms with Crippen molar-refractivity contribution in [2.75, 3.05) is 13.2 Å². The van der Waals surface area contributed by atoms with Crippen molar-refractivity contribution < 1.29 is 14.3 Å². The van der Waals surface area contributed by atoms with Gasteiger partial charge in [0, 0.05) is 19.1 Å². The number of nitrogens with zero attached hydrogens (tertiary/aromatic N) is 1. The monoisotopic (exact) mass is 196 g/mol. The molecule has 1 saturated carbocycles. The first-order valence-corrected chi connectivity index (χ1v) is 4.96. The number of urea groups is 1. The van der Waals surface area contributed by atoms with Crippen molar-refractivity contribution in [2.45, 2.75) is 30.8 Å². The highest BCUT2D eigenvalue weighted by molar-refractivity contribution is 6.07. The van der Waals surface area contributed by atoms with E-state index in [1.807, 2.05) is 0 Å². The zero-order valence-corrected chi connectivity index (χ0v) is 7.78. The van der Waals surface area contributed by atoms with Gasteiger partial charge in [0.1, 0.15) is 5.54 Å². The van der Waals surface area contributed by atoms with Crippen LogP contribution in [0.15, 0.2) is 0 Å². The third-order valence-corrected chi connectivity index (χ3v) is 3.13. The SMILES string of the molecule is O=C1NC2(CCOC2)C(=O)N1C1CC1. The summed E-state index contributed by atoms with van der Waals surface area (Å²) in [4.78, 5) is 24.9. The van der Waals surface area contributed by atoms with Gasteiger partial charge >= 0.3 is 6.03 Å². The molecule has 1 aliphatic carbocycles. The van der Waals surface area contributed by atoms with Gasteiger partial charge in [0.2, 0.25) is 0 Å². The summed E-state index contributed by atoms with van der Waals surface area (Å²) in [5, 5.41) is 2.76. The Morgan fingerprint density at radius 3 is 2.79 bits per heavy atom. The summed E-state index contributed by atoms with van der Waals surface area (Å²) < 4.78 is 5.19. The molecule has 2 aliphatic heterocycles. The molecule has 1 unspecified atom stereocenters. The fourth-order valence-electron chi connectivity index (χ4n) is 2.14. The van der Waals surface area contributed by atoms with Gasteiger partial charge in [-0.2, -0.15) is 0 Å². The lowest BCUT2D eigenvalue weighted by molar-refractivity contribution is -0.131. The smallest absolute Gasteiger partial charge is 0.325 e. The van der Waals surface area contributed by atoms with Crippen LogP contribution in [0, 0.1) is 0 Å². The molecule has 5 heteroatoms. The first-order chi connectivity index (χ1) is 6.73. The molecule has 3 aliphatic rings. The van der Waals surface area contributed by atoms with E-state index in [9.17, 15) is 9.59 Å². The number of carbonyl (C=O) groups is 2. The summed E-state index contributed by atoms with van der Waals surface area (Å²) in [6, 6.07) is -0.0783. The van der Waals surface area contributed by atoms with Crippen LogP contribution in [0.1, 0.15) is 19.3 Å². The zero-order valence-electron chi connectivity index (χ0n) is 7.78. The molecular weight excluding hydrogens is 184 g/mol. The summed E-state index contributed by atoms with van der Waals surface area (Å²) in [7, 11) is 0. The fourth-order valence-corrected chi connectivity index (χ4v) is 2.14. The predicted octanol–water partition coefficient (Wildman–Crippen LogP) is -0.140. The number of amides is 3. The van der Waals surface area contributed by atoms with Crippen LogP contribution in [-0.2, 0) is 9.53 Å². The van der Waals surface area contributed by atoms with E-state index in [2.05, 4.69) is 5.32 Å². The molecule has 76 valence electrons. The Morgan fingerprint density at radius 1 is 1.43 bits per heavy atom. The van der Waals surface area contributed by atoms with Gasteiger partial charge in [0.15, 0.2) is 0 Å². The third kappa shape index (κ3) is 0.930. The highest BCUT2D eigenvalue weighted by Gasteiger charge is 2.56. The molecule has 2 saturated heterocycles. The number of hydrogen-bond donors (Lipinski definition) is 1. The quantitative estimate of drug-likeness (QED) is 0.594. The molecule has 3 fully saturated rings. The maximum atomic E-state index is 12.0. The van der Waals surface area contributed by atoms with E-state index in [4.69, 9.17) is 4.74 Å². The zero-order chi connectivity index (χ0) is 9.76. The van der Waals surface area contributed by atoms with Crippen LogP contribution in [0.2, 0.25) is 0 Å². The Kier molecular flexibility index (Phi) is 1.45. The number of imide groups is 1. The van der Waals surface area contributed by atoms with E-state index in [1.165, 1.54) is 4.90 Å². The minimum absolute atomic E-state index is 0.0810. The van der Waals surface area contributed by atoms with Crippen molar-refractivity contribution in [1.29, 1.82) is 0 Å². The second-order valence-corrected chi connectivity index (χ2v) is 4.22. The Hall–Kier alpha value is -1.10. The Balaban J connectivity index is 1.90. The molecule has 1 spiro atoms. The lowest BCUT2D eigenvalue weighted by Crippen LogP contribution is -2.47. The molecule has 0 aromatic heterocycles. The number of rotatable bonds is 1. The average Bonchev–Trinajstić information content (AvgIpc) is 2.81. The van der Waals surface area contributed by atoms with Crippen LogP contribution in [0.25, 0.3) is 0 Å². The summed E-state index contributed by atoms with van der Waals surface area (Å²) in [5.41, 5.74) is -0.723. The molecular formula is C9H12N2O3. The van der Waals surface area contributed by atoms with Gasteiger partial charge in [-0.3, -0.25) is 9.69 Å². The molecule has 1 atom stereocenters. The summed E-state index contributed by atoms with van der Waals surface area (Å²) in [6.07, 6.45) is 2.52. The van der Waals surface area contributed by atoms with Crippen molar-refractivity contribution in [3.63, 3.8) is 0 Å². The van der Waals surface area contributed by atoms with Gasteiger partial charge in [-0.1, -0.05) is 0 Å². The van der Waals surface area contributed by atoms with Crippen molar-refractivity contribution in [3.05, 3.63) is 0 Å². The second-order valence-electron chi connectivity index (χ2n) is 4.22. The van der Waals surface area contributed by atoms with E-state index < -0.39 is 5.54 Å². The Labute approximate surface area is 81.4 Å². The third-order valence-electron chi connectivity index (χ3n) is 3.13. The van der Waals surface area contributed by atoms with Gasteiger partial charge in [-0.15, -0.1) is 0 Å². The molecule has 5 nitrogen and oxygen atoms in total. The van der Waals surface area contributed by atoms with E-state index in [-0.39, 0.29) is 18.0 Å². The minimum atomic E-state index is -0.723. The maximum Gasteiger partial charge on any atom is 0.325 e.